The minimum atomic E-state index is -0.229. The third kappa shape index (κ3) is 6.11. The summed E-state index contributed by atoms with van der Waals surface area (Å²) >= 11 is 1.59. The monoisotopic (exact) mass is 381 g/mol. The molecule has 0 aromatic rings. The summed E-state index contributed by atoms with van der Waals surface area (Å²) in [5, 5.41) is -0.229. The molecule has 0 radical (unpaired) electrons. The Labute approximate surface area is 162 Å². The van der Waals surface area contributed by atoms with Crippen LogP contribution in [0.4, 0.5) is 0 Å². The first-order valence-corrected chi connectivity index (χ1v) is 10.8. The normalized spacial score (nSPS) is 27.9. The second-order valence-electron chi connectivity index (χ2n) is 10.2. The largest absolute Gasteiger partial charge is 0.299 e. The molecule has 1 heterocycles. The molecule has 26 heavy (non-hydrogen) atoms. The summed E-state index contributed by atoms with van der Waals surface area (Å²) in [4.78, 5) is 38.9. The Morgan fingerprint density at radius 2 is 1.62 bits per heavy atom. The molecule has 2 aliphatic rings. The van der Waals surface area contributed by atoms with Crippen molar-refractivity contribution < 1.29 is 14.4 Å². The van der Waals surface area contributed by atoms with Crippen LogP contribution in [-0.4, -0.2) is 39.0 Å². The average molecular weight is 382 g/mol. The lowest BCUT2D eigenvalue weighted by Gasteiger charge is -2.31. The number of thioether (sulfide) groups is 1. The maximum Gasteiger partial charge on any atom is 0.242 e. The summed E-state index contributed by atoms with van der Waals surface area (Å²) in [6, 6.07) is 0. The quantitative estimate of drug-likeness (QED) is 0.660. The Bertz CT molecular complexity index is 551. The first-order chi connectivity index (χ1) is 11.9. The lowest BCUT2D eigenvalue weighted by molar-refractivity contribution is -0.139. The lowest BCUT2D eigenvalue weighted by atomic mass is 9.76. The van der Waals surface area contributed by atoms with E-state index in [-0.39, 0.29) is 33.1 Å². The van der Waals surface area contributed by atoms with Crippen molar-refractivity contribution in [3.63, 3.8) is 0 Å². The molecule has 0 spiro atoms. The van der Waals surface area contributed by atoms with Crippen LogP contribution in [0.25, 0.3) is 0 Å². The Balaban J connectivity index is 1.85. The number of nitrogens with zero attached hydrogens (tertiary/aromatic N) is 1. The first kappa shape index (κ1) is 21.5. The molecule has 148 valence electrons. The minimum absolute atomic E-state index is 0.0131. The number of rotatable bonds is 5. The number of ketones is 1. The van der Waals surface area contributed by atoms with Crippen LogP contribution in [0.1, 0.15) is 80.1 Å². The first-order valence-electron chi connectivity index (χ1n) is 9.90. The highest BCUT2D eigenvalue weighted by Crippen LogP contribution is 2.37. The van der Waals surface area contributed by atoms with Crippen molar-refractivity contribution >= 4 is 29.4 Å². The van der Waals surface area contributed by atoms with E-state index in [9.17, 15) is 14.4 Å². The van der Waals surface area contributed by atoms with Crippen molar-refractivity contribution in [2.75, 3.05) is 6.54 Å². The molecule has 5 heteroatoms. The number of likely N-dealkylation sites (tertiary alicyclic amines) is 1. The smallest absolute Gasteiger partial charge is 0.242 e. The van der Waals surface area contributed by atoms with E-state index in [1.165, 1.54) is 4.90 Å². The SMILES string of the molecule is CC(C)(C)CC(=O)C1CCC(CN2C(=O)CC(SC(C)(C)C)C2=O)CC1. The van der Waals surface area contributed by atoms with E-state index >= 15 is 0 Å². The van der Waals surface area contributed by atoms with Gasteiger partial charge < -0.3 is 0 Å². The fourth-order valence-electron chi connectivity index (χ4n) is 3.96. The van der Waals surface area contributed by atoms with Gasteiger partial charge in [-0.15, -0.1) is 11.8 Å². The van der Waals surface area contributed by atoms with Gasteiger partial charge in [0.15, 0.2) is 0 Å². The van der Waals surface area contributed by atoms with Crippen molar-refractivity contribution in [3.8, 4) is 0 Å². The second kappa shape index (κ2) is 8.04. The molecule has 0 aromatic heterocycles. The van der Waals surface area contributed by atoms with Gasteiger partial charge in [0, 0.05) is 30.1 Å². The molecule has 1 aliphatic heterocycles. The summed E-state index contributed by atoms with van der Waals surface area (Å²) in [6.45, 7) is 13.1. The van der Waals surface area contributed by atoms with E-state index in [4.69, 9.17) is 0 Å². The molecule has 0 bridgehead atoms. The third-order valence-corrected chi connectivity index (χ3v) is 6.51. The second-order valence-corrected chi connectivity index (χ2v) is 12.2. The van der Waals surface area contributed by atoms with E-state index in [2.05, 4.69) is 41.5 Å². The van der Waals surface area contributed by atoms with Crippen LogP contribution in [0.2, 0.25) is 0 Å². The van der Waals surface area contributed by atoms with Crippen LogP contribution >= 0.6 is 11.8 Å². The number of imide groups is 1. The Hall–Kier alpha value is -0.840. The molecule has 0 N–H and O–H groups in total. The van der Waals surface area contributed by atoms with Gasteiger partial charge >= 0.3 is 0 Å². The van der Waals surface area contributed by atoms with Crippen molar-refractivity contribution in [2.24, 2.45) is 17.3 Å². The van der Waals surface area contributed by atoms with Gasteiger partial charge in [-0.1, -0.05) is 41.5 Å². The molecule has 2 fully saturated rings. The van der Waals surface area contributed by atoms with Crippen LogP contribution in [0.3, 0.4) is 0 Å². The van der Waals surface area contributed by atoms with E-state index < -0.39 is 0 Å². The van der Waals surface area contributed by atoms with Gasteiger partial charge in [0.05, 0.1) is 5.25 Å². The standard InChI is InChI=1S/C21H35NO3S/c1-20(2,3)12-16(23)15-9-7-14(8-10-15)13-22-18(24)11-17(19(22)25)26-21(4,5)6/h14-15,17H,7-13H2,1-6H3. The van der Waals surface area contributed by atoms with Gasteiger partial charge in [0.1, 0.15) is 5.78 Å². The molecule has 1 aliphatic carbocycles. The zero-order valence-electron chi connectivity index (χ0n) is 17.3. The number of Topliss-reactive ketones (excluding diaryl/α,β-unsaturated/α-hetero) is 1. The minimum Gasteiger partial charge on any atom is -0.299 e. The van der Waals surface area contributed by atoms with Crippen LogP contribution in [0, 0.1) is 17.3 Å². The molecule has 1 unspecified atom stereocenters. The molecular formula is C21H35NO3S. The number of hydrogen-bond donors (Lipinski definition) is 0. The number of carbonyl (C=O) groups is 3. The summed E-state index contributed by atoms with van der Waals surface area (Å²) in [5.41, 5.74) is 0.0437. The van der Waals surface area contributed by atoms with E-state index in [0.717, 1.165) is 25.7 Å². The van der Waals surface area contributed by atoms with Crippen LogP contribution < -0.4 is 0 Å². The summed E-state index contributed by atoms with van der Waals surface area (Å²) in [5.74, 6) is 0.856. The molecule has 4 nitrogen and oxygen atoms in total. The molecule has 2 rings (SSSR count). The van der Waals surface area contributed by atoms with Gasteiger partial charge in [0.2, 0.25) is 11.8 Å². The van der Waals surface area contributed by atoms with Gasteiger partial charge in [-0.05, 0) is 37.0 Å². The predicted octanol–water partition coefficient (Wildman–Crippen LogP) is 4.46. The summed E-state index contributed by atoms with van der Waals surface area (Å²) in [6.07, 6.45) is 4.65. The highest BCUT2D eigenvalue weighted by molar-refractivity contribution is 8.01. The van der Waals surface area contributed by atoms with Gasteiger partial charge in [0.25, 0.3) is 0 Å². The summed E-state index contributed by atoms with van der Waals surface area (Å²) in [7, 11) is 0. The molecule has 1 saturated carbocycles. The molecule has 0 aromatic carbocycles. The van der Waals surface area contributed by atoms with Crippen molar-refractivity contribution in [2.45, 2.75) is 90.1 Å². The van der Waals surface area contributed by atoms with Crippen molar-refractivity contribution in [1.82, 2.24) is 4.90 Å². The van der Waals surface area contributed by atoms with E-state index in [0.29, 0.717) is 31.1 Å². The maximum atomic E-state index is 12.6. The van der Waals surface area contributed by atoms with Gasteiger partial charge in [-0.2, -0.15) is 0 Å². The van der Waals surface area contributed by atoms with Crippen molar-refractivity contribution in [1.29, 1.82) is 0 Å². The number of amides is 2. The number of carbonyl (C=O) groups excluding carboxylic acids is 3. The maximum absolute atomic E-state index is 12.6. The molecular weight excluding hydrogens is 346 g/mol. The highest BCUT2D eigenvalue weighted by Gasteiger charge is 2.42. The Morgan fingerprint density at radius 1 is 1.04 bits per heavy atom. The van der Waals surface area contributed by atoms with Crippen LogP contribution in [-0.2, 0) is 14.4 Å². The van der Waals surface area contributed by atoms with Crippen LogP contribution in [0.5, 0.6) is 0 Å². The topological polar surface area (TPSA) is 54.5 Å². The molecule has 1 atom stereocenters. The Morgan fingerprint density at radius 3 is 2.12 bits per heavy atom. The highest BCUT2D eigenvalue weighted by atomic mass is 32.2. The van der Waals surface area contributed by atoms with Gasteiger partial charge in [-0.25, -0.2) is 0 Å². The van der Waals surface area contributed by atoms with Crippen LogP contribution in [0.15, 0.2) is 0 Å². The van der Waals surface area contributed by atoms with E-state index in [1.807, 2.05) is 0 Å². The fourth-order valence-corrected chi connectivity index (χ4v) is 5.26. The predicted molar refractivity (Wildman–Crippen MR) is 107 cm³/mol. The van der Waals surface area contributed by atoms with Crippen molar-refractivity contribution in [3.05, 3.63) is 0 Å². The fraction of sp³-hybridized carbons (Fsp3) is 0.857. The average Bonchev–Trinajstić information content (AvgIpc) is 2.72. The zero-order chi connectivity index (χ0) is 19.7. The molecule has 1 saturated heterocycles. The lowest BCUT2D eigenvalue weighted by Crippen LogP contribution is -2.38. The van der Waals surface area contributed by atoms with Gasteiger partial charge in [-0.3, -0.25) is 19.3 Å². The van der Waals surface area contributed by atoms with E-state index in [1.54, 1.807) is 11.8 Å². The zero-order valence-corrected chi connectivity index (χ0v) is 18.1. The Kier molecular flexibility index (Phi) is 6.63. The molecule has 2 amide bonds. The summed E-state index contributed by atoms with van der Waals surface area (Å²) < 4.78 is -0.0257. The third-order valence-electron chi connectivity index (χ3n) is 5.15. The number of hydrogen-bond acceptors (Lipinski definition) is 4.